The van der Waals surface area contributed by atoms with Gasteiger partial charge in [-0.25, -0.2) is 0 Å². The predicted octanol–water partition coefficient (Wildman–Crippen LogP) is 2.80. The third-order valence-corrected chi connectivity index (χ3v) is 2.56. The number of anilines is 1. The van der Waals surface area contributed by atoms with Gasteiger partial charge < -0.3 is 15.2 Å². The Labute approximate surface area is 111 Å². The number of hydrogen-bond donors (Lipinski definition) is 2. The van der Waals surface area contributed by atoms with Crippen LogP contribution in [-0.2, 0) is 4.79 Å². The van der Waals surface area contributed by atoms with Gasteiger partial charge in [0.1, 0.15) is 11.5 Å². The SMILES string of the molecule is CC(Oc1ccccc1)C(=O)Nc1ccc(O)cc1. The molecule has 4 heteroatoms. The number of carbonyl (C=O) groups is 1. The first kappa shape index (κ1) is 13.0. The van der Waals surface area contributed by atoms with Gasteiger partial charge in [0, 0.05) is 5.69 Å². The maximum atomic E-state index is 11.9. The van der Waals surface area contributed by atoms with Crippen molar-refractivity contribution in [3.05, 3.63) is 54.6 Å². The van der Waals surface area contributed by atoms with Crippen molar-refractivity contribution in [1.82, 2.24) is 0 Å². The van der Waals surface area contributed by atoms with Gasteiger partial charge in [-0.2, -0.15) is 0 Å². The number of benzene rings is 2. The zero-order chi connectivity index (χ0) is 13.7. The average molecular weight is 257 g/mol. The van der Waals surface area contributed by atoms with Gasteiger partial charge in [0.2, 0.25) is 0 Å². The number of nitrogens with one attached hydrogen (secondary N) is 1. The summed E-state index contributed by atoms with van der Waals surface area (Å²) in [5.74, 6) is 0.567. The van der Waals surface area contributed by atoms with Crippen molar-refractivity contribution in [2.75, 3.05) is 5.32 Å². The van der Waals surface area contributed by atoms with E-state index in [1.165, 1.54) is 12.1 Å². The van der Waals surface area contributed by atoms with Crippen molar-refractivity contribution < 1.29 is 14.6 Å². The highest BCUT2D eigenvalue weighted by Gasteiger charge is 2.14. The van der Waals surface area contributed by atoms with Crippen molar-refractivity contribution in [3.63, 3.8) is 0 Å². The summed E-state index contributed by atoms with van der Waals surface area (Å²) in [5, 5.41) is 11.9. The highest BCUT2D eigenvalue weighted by Crippen LogP contribution is 2.15. The molecule has 4 nitrogen and oxygen atoms in total. The molecule has 0 fully saturated rings. The fourth-order valence-corrected chi connectivity index (χ4v) is 1.55. The molecular formula is C15H15NO3. The zero-order valence-electron chi connectivity index (χ0n) is 10.5. The molecule has 0 saturated heterocycles. The second-order valence-electron chi connectivity index (χ2n) is 4.11. The highest BCUT2D eigenvalue weighted by atomic mass is 16.5. The van der Waals surface area contributed by atoms with Gasteiger partial charge in [-0.05, 0) is 43.3 Å². The number of para-hydroxylation sites is 1. The second-order valence-corrected chi connectivity index (χ2v) is 4.11. The number of ether oxygens (including phenoxy) is 1. The fourth-order valence-electron chi connectivity index (χ4n) is 1.55. The van der Waals surface area contributed by atoms with Gasteiger partial charge in [0.25, 0.3) is 5.91 Å². The molecule has 0 aliphatic heterocycles. The Morgan fingerprint density at radius 2 is 1.74 bits per heavy atom. The van der Waals surface area contributed by atoms with E-state index in [2.05, 4.69) is 5.32 Å². The van der Waals surface area contributed by atoms with Crippen LogP contribution in [0, 0.1) is 0 Å². The molecule has 0 aliphatic rings. The molecule has 2 N–H and O–H groups in total. The normalized spacial score (nSPS) is 11.6. The lowest BCUT2D eigenvalue weighted by Gasteiger charge is -2.14. The topological polar surface area (TPSA) is 58.6 Å². The Balaban J connectivity index is 1.94. The molecule has 0 aromatic heterocycles. The van der Waals surface area contributed by atoms with Crippen LogP contribution in [0.2, 0.25) is 0 Å². The summed E-state index contributed by atoms with van der Waals surface area (Å²) in [7, 11) is 0. The number of amides is 1. The van der Waals surface area contributed by atoms with Crippen LogP contribution < -0.4 is 10.1 Å². The number of aromatic hydroxyl groups is 1. The van der Waals surface area contributed by atoms with Crippen molar-refractivity contribution in [2.24, 2.45) is 0 Å². The lowest BCUT2D eigenvalue weighted by Crippen LogP contribution is -2.30. The number of phenolic OH excluding ortho intramolecular Hbond substituents is 1. The Bertz CT molecular complexity index is 537. The molecule has 0 heterocycles. The molecule has 1 unspecified atom stereocenters. The molecular weight excluding hydrogens is 242 g/mol. The van der Waals surface area contributed by atoms with Crippen molar-refractivity contribution in [2.45, 2.75) is 13.0 Å². The summed E-state index contributed by atoms with van der Waals surface area (Å²) >= 11 is 0. The van der Waals surface area contributed by atoms with Crippen LogP contribution in [0.15, 0.2) is 54.6 Å². The molecule has 0 spiro atoms. The Hall–Kier alpha value is -2.49. The quantitative estimate of drug-likeness (QED) is 0.828. The summed E-state index contributed by atoms with van der Waals surface area (Å²) in [5.41, 5.74) is 0.617. The first-order valence-corrected chi connectivity index (χ1v) is 5.97. The summed E-state index contributed by atoms with van der Waals surface area (Å²) in [6.07, 6.45) is -0.601. The first-order valence-electron chi connectivity index (χ1n) is 5.97. The molecule has 19 heavy (non-hydrogen) atoms. The Kier molecular flexibility index (Phi) is 4.03. The van der Waals surface area contributed by atoms with Gasteiger partial charge >= 0.3 is 0 Å². The summed E-state index contributed by atoms with van der Waals surface area (Å²) in [4.78, 5) is 11.9. The lowest BCUT2D eigenvalue weighted by atomic mass is 10.3. The first-order chi connectivity index (χ1) is 9.15. The van der Waals surface area contributed by atoms with Crippen molar-refractivity contribution in [1.29, 1.82) is 0 Å². The van der Waals surface area contributed by atoms with Gasteiger partial charge in [0.05, 0.1) is 0 Å². The monoisotopic (exact) mass is 257 g/mol. The molecule has 1 atom stereocenters. The van der Waals surface area contributed by atoms with E-state index in [4.69, 9.17) is 9.84 Å². The Morgan fingerprint density at radius 3 is 2.37 bits per heavy atom. The van der Waals surface area contributed by atoms with Crippen LogP contribution in [0.3, 0.4) is 0 Å². The molecule has 2 aromatic rings. The largest absolute Gasteiger partial charge is 0.508 e. The van der Waals surface area contributed by atoms with E-state index in [0.717, 1.165) is 0 Å². The minimum atomic E-state index is -0.601. The number of hydrogen-bond acceptors (Lipinski definition) is 3. The van der Waals surface area contributed by atoms with E-state index in [-0.39, 0.29) is 11.7 Å². The minimum absolute atomic E-state index is 0.159. The molecule has 98 valence electrons. The molecule has 0 bridgehead atoms. The highest BCUT2D eigenvalue weighted by molar-refractivity contribution is 5.94. The van der Waals surface area contributed by atoms with Crippen LogP contribution >= 0.6 is 0 Å². The number of phenols is 1. The Morgan fingerprint density at radius 1 is 1.11 bits per heavy atom. The van der Waals surface area contributed by atoms with Gasteiger partial charge in [-0.3, -0.25) is 4.79 Å². The van der Waals surface area contributed by atoms with Crippen LogP contribution in [-0.4, -0.2) is 17.1 Å². The van der Waals surface area contributed by atoms with Crippen molar-refractivity contribution in [3.8, 4) is 11.5 Å². The maximum Gasteiger partial charge on any atom is 0.265 e. The van der Waals surface area contributed by atoms with Gasteiger partial charge in [0.15, 0.2) is 6.10 Å². The van der Waals surface area contributed by atoms with E-state index < -0.39 is 6.10 Å². The molecule has 0 saturated carbocycles. The van der Waals surface area contributed by atoms with Crippen LogP contribution in [0.5, 0.6) is 11.5 Å². The molecule has 2 aromatic carbocycles. The standard InChI is InChI=1S/C15H15NO3/c1-11(19-14-5-3-2-4-6-14)15(18)16-12-7-9-13(17)10-8-12/h2-11,17H,1H3,(H,16,18). The lowest BCUT2D eigenvalue weighted by molar-refractivity contribution is -0.122. The van der Waals surface area contributed by atoms with E-state index in [1.807, 2.05) is 18.2 Å². The smallest absolute Gasteiger partial charge is 0.265 e. The zero-order valence-corrected chi connectivity index (χ0v) is 10.5. The maximum absolute atomic E-state index is 11.9. The van der Waals surface area contributed by atoms with E-state index >= 15 is 0 Å². The van der Waals surface area contributed by atoms with Gasteiger partial charge in [-0.15, -0.1) is 0 Å². The molecule has 0 aliphatic carbocycles. The third kappa shape index (κ3) is 3.74. The van der Waals surface area contributed by atoms with E-state index in [0.29, 0.717) is 11.4 Å². The molecule has 0 radical (unpaired) electrons. The summed E-state index contributed by atoms with van der Waals surface area (Å²) in [6.45, 7) is 1.68. The van der Waals surface area contributed by atoms with E-state index in [1.54, 1.807) is 31.2 Å². The number of carbonyl (C=O) groups excluding carboxylic acids is 1. The van der Waals surface area contributed by atoms with Crippen LogP contribution in [0.4, 0.5) is 5.69 Å². The minimum Gasteiger partial charge on any atom is -0.508 e. The average Bonchev–Trinajstić information content (AvgIpc) is 2.42. The summed E-state index contributed by atoms with van der Waals surface area (Å²) in [6, 6.07) is 15.4. The van der Waals surface area contributed by atoms with Crippen LogP contribution in [0.1, 0.15) is 6.92 Å². The second kappa shape index (κ2) is 5.91. The number of rotatable bonds is 4. The van der Waals surface area contributed by atoms with Gasteiger partial charge in [-0.1, -0.05) is 18.2 Å². The van der Waals surface area contributed by atoms with E-state index in [9.17, 15) is 4.79 Å². The van der Waals surface area contributed by atoms with Crippen LogP contribution in [0.25, 0.3) is 0 Å². The molecule has 1 amide bonds. The van der Waals surface area contributed by atoms with Crippen molar-refractivity contribution >= 4 is 11.6 Å². The molecule has 2 rings (SSSR count). The predicted molar refractivity (Wildman–Crippen MR) is 73.3 cm³/mol. The summed E-state index contributed by atoms with van der Waals surface area (Å²) < 4.78 is 5.51. The fraction of sp³-hybridized carbons (Fsp3) is 0.133. The third-order valence-electron chi connectivity index (χ3n) is 2.56.